The highest BCUT2D eigenvalue weighted by Gasteiger charge is 2.16. The van der Waals surface area contributed by atoms with Gasteiger partial charge in [-0.2, -0.15) is 0 Å². The lowest BCUT2D eigenvalue weighted by molar-refractivity contribution is 0.255. The van der Waals surface area contributed by atoms with Crippen molar-refractivity contribution in [2.45, 2.75) is 32.6 Å². The molecule has 0 radical (unpaired) electrons. The molecule has 0 bridgehead atoms. The molecule has 2 rings (SSSR count). The lowest BCUT2D eigenvalue weighted by Gasteiger charge is -2.11. The Bertz CT molecular complexity index is 523. The summed E-state index contributed by atoms with van der Waals surface area (Å²) in [6, 6.07) is 4.66. The number of anilines is 1. The molecule has 0 spiro atoms. The molecule has 0 aromatic heterocycles. The summed E-state index contributed by atoms with van der Waals surface area (Å²) in [6.07, 6.45) is 6.78. The largest absolute Gasteiger partial charge is 0.323 e. The first-order valence-electron chi connectivity index (χ1n) is 6.75. The topological polar surface area (TPSA) is 41.1 Å². The molecule has 1 aromatic rings. The number of hydrogen-bond acceptors (Lipinski definition) is 1. The van der Waals surface area contributed by atoms with Crippen LogP contribution in [-0.2, 0) is 0 Å². The molecule has 1 saturated carbocycles. The minimum absolute atomic E-state index is 0.299. The first-order chi connectivity index (χ1) is 9.56. The van der Waals surface area contributed by atoms with Gasteiger partial charge in [0.2, 0.25) is 0 Å². The van der Waals surface area contributed by atoms with Gasteiger partial charge in [0.15, 0.2) is 0 Å². The van der Waals surface area contributed by atoms with Crippen LogP contribution in [0.5, 0.6) is 0 Å². The summed E-state index contributed by atoms with van der Waals surface area (Å²) in [5, 5.41) is 6.40. The van der Waals surface area contributed by atoms with Crippen LogP contribution >= 0.6 is 23.2 Å². The predicted octanol–water partition coefficient (Wildman–Crippen LogP) is 5.21. The number of allylic oxidation sites excluding steroid dienone is 1. The van der Waals surface area contributed by atoms with Crippen LogP contribution in [0.3, 0.4) is 0 Å². The highest BCUT2D eigenvalue weighted by atomic mass is 35.5. The van der Waals surface area contributed by atoms with Crippen molar-refractivity contribution in [3.05, 3.63) is 40.0 Å². The molecule has 1 aliphatic carbocycles. The van der Waals surface area contributed by atoms with Crippen molar-refractivity contribution in [3.8, 4) is 0 Å². The van der Waals surface area contributed by atoms with Crippen molar-refractivity contribution in [3.63, 3.8) is 0 Å². The van der Waals surface area contributed by atoms with Crippen LogP contribution in [0.4, 0.5) is 10.5 Å². The predicted molar refractivity (Wildman–Crippen MR) is 84.3 cm³/mol. The number of hydrogen-bond donors (Lipinski definition) is 2. The molecule has 1 aromatic carbocycles. The Kier molecular flexibility index (Phi) is 5.32. The number of halogens is 2. The highest BCUT2D eigenvalue weighted by Crippen LogP contribution is 2.30. The number of carbonyl (C=O) groups excluding carboxylic acids is 1. The van der Waals surface area contributed by atoms with Crippen molar-refractivity contribution in [1.82, 2.24) is 5.32 Å². The maximum absolute atomic E-state index is 11.8. The lowest BCUT2D eigenvalue weighted by Crippen LogP contribution is -2.24. The second-order valence-corrected chi connectivity index (χ2v) is 5.94. The fraction of sp³-hybridized carbons (Fsp3) is 0.400. The van der Waals surface area contributed by atoms with Crippen LogP contribution in [0, 0.1) is 5.92 Å². The average Bonchev–Trinajstić information content (AvgIpc) is 2.93. The molecule has 2 amide bonds. The minimum Gasteiger partial charge on any atom is -0.314 e. The summed E-state index contributed by atoms with van der Waals surface area (Å²) in [5.74, 6) is 0.606. The number of carbonyl (C=O) groups is 1. The first kappa shape index (κ1) is 15.2. The van der Waals surface area contributed by atoms with Gasteiger partial charge in [-0.3, -0.25) is 0 Å². The van der Waals surface area contributed by atoms with Crippen molar-refractivity contribution >= 4 is 34.9 Å². The van der Waals surface area contributed by atoms with E-state index in [1.807, 2.05) is 0 Å². The number of rotatable bonds is 3. The highest BCUT2D eigenvalue weighted by molar-refractivity contribution is 6.36. The molecule has 1 aliphatic rings. The zero-order valence-electron chi connectivity index (χ0n) is 11.4. The van der Waals surface area contributed by atoms with Crippen molar-refractivity contribution in [2.75, 3.05) is 5.32 Å². The first-order valence-corrected chi connectivity index (χ1v) is 7.51. The Morgan fingerprint density at radius 1 is 1.30 bits per heavy atom. The molecule has 0 unspecified atom stereocenters. The lowest BCUT2D eigenvalue weighted by atomic mass is 10.0. The van der Waals surface area contributed by atoms with E-state index in [0.29, 0.717) is 21.7 Å². The normalized spacial score (nSPS) is 16.2. The summed E-state index contributed by atoms with van der Waals surface area (Å²) < 4.78 is 0. The van der Waals surface area contributed by atoms with E-state index in [0.717, 1.165) is 0 Å². The van der Waals surface area contributed by atoms with Gasteiger partial charge in [-0.15, -0.1) is 0 Å². The molecular formula is C15H18Cl2N2O. The Morgan fingerprint density at radius 3 is 2.65 bits per heavy atom. The SMILES string of the molecule is C/C(=C\NC(=O)Nc1ccc(Cl)cc1Cl)C1CCCC1. The second kappa shape index (κ2) is 7.00. The molecule has 0 saturated heterocycles. The van der Waals surface area contributed by atoms with Gasteiger partial charge in [0.25, 0.3) is 0 Å². The van der Waals surface area contributed by atoms with E-state index in [4.69, 9.17) is 23.2 Å². The monoisotopic (exact) mass is 312 g/mol. The Hall–Kier alpha value is -1.19. The molecule has 2 N–H and O–H groups in total. The van der Waals surface area contributed by atoms with E-state index >= 15 is 0 Å². The van der Waals surface area contributed by atoms with E-state index in [-0.39, 0.29) is 6.03 Å². The van der Waals surface area contributed by atoms with E-state index < -0.39 is 0 Å². The number of nitrogens with one attached hydrogen (secondary N) is 2. The summed E-state index contributed by atoms with van der Waals surface area (Å²) in [4.78, 5) is 11.8. The summed E-state index contributed by atoms with van der Waals surface area (Å²) in [5.41, 5.74) is 1.76. The number of amides is 2. The molecule has 20 heavy (non-hydrogen) atoms. The van der Waals surface area contributed by atoms with Gasteiger partial charge >= 0.3 is 6.03 Å². The van der Waals surface area contributed by atoms with Crippen LogP contribution in [-0.4, -0.2) is 6.03 Å². The molecular weight excluding hydrogens is 295 g/mol. The van der Waals surface area contributed by atoms with Crippen LogP contribution in [0.15, 0.2) is 30.0 Å². The van der Waals surface area contributed by atoms with Gasteiger partial charge in [0.1, 0.15) is 0 Å². The van der Waals surface area contributed by atoms with Gasteiger partial charge in [-0.05, 0) is 43.9 Å². The summed E-state index contributed by atoms with van der Waals surface area (Å²) in [6.45, 7) is 2.06. The zero-order chi connectivity index (χ0) is 14.5. The Labute approximate surface area is 129 Å². The van der Waals surface area contributed by atoms with Gasteiger partial charge in [0.05, 0.1) is 10.7 Å². The third-order valence-corrected chi connectivity index (χ3v) is 4.16. The van der Waals surface area contributed by atoms with Crippen molar-refractivity contribution in [2.24, 2.45) is 5.92 Å². The molecule has 0 atom stereocenters. The molecule has 0 heterocycles. The van der Waals surface area contributed by atoms with E-state index in [2.05, 4.69) is 17.6 Å². The van der Waals surface area contributed by atoms with Crippen molar-refractivity contribution < 1.29 is 4.79 Å². The maximum Gasteiger partial charge on any atom is 0.323 e. The number of urea groups is 1. The van der Waals surface area contributed by atoms with Gasteiger partial charge in [0, 0.05) is 11.2 Å². The van der Waals surface area contributed by atoms with E-state index in [1.54, 1.807) is 24.4 Å². The Balaban J connectivity index is 1.90. The van der Waals surface area contributed by atoms with E-state index in [1.165, 1.54) is 31.3 Å². The van der Waals surface area contributed by atoms with Gasteiger partial charge in [-0.25, -0.2) is 4.79 Å². The third kappa shape index (κ3) is 4.15. The fourth-order valence-electron chi connectivity index (χ4n) is 2.43. The second-order valence-electron chi connectivity index (χ2n) is 5.09. The van der Waals surface area contributed by atoms with Crippen molar-refractivity contribution in [1.29, 1.82) is 0 Å². The fourth-order valence-corrected chi connectivity index (χ4v) is 2.88. The maximum atomic E-state index is 11.8. The zero-order valence-corrected chi connectivity index (χ0v) is 12.9. The average molecular weight is 313 g/mol. The van der Waals surface area contributed by atoms with Crippen LogP contribution in [0.25, 0.3) is 0 Å². The third-order valence-electron chi connectivity index (χ3n) is 3.61. The molecule has 1 fully saturated rings. The molecule has 3 nitrogen and oxygen atoms in total. The quantitative estimate of drug-likeness (QED) is 0.790. The number of benzene rings is 1. The van der Waals surface area contributed by atoms with Crippen LogP contribution < -0.4 is 10.6 Å². The molecule has 0 aliphatic heterocycles. The Morgan fingerprint density at radius 2 is 2.00 bits per heavy atom. The van der Waals surface area contributed by atoms with E-state index in [9.17, 15) is 4.79 Å². The summed E-state index contributed by atoms with van der Waals surface area (Å²) in [7, 11) is 0. The van der Waals surface area contributed by atoms with Gasteiger partial charge in [-0.1, -0.05) is 41.6 Å². The standard InChI is InChI=1S/C15H18Cl2N2O/c1-10(11-4-2-3-5-11)9-18-15(20)19-14-7-6-12(16)8-13(14)17/h6-9,11H,2-5H2,1H3,(H2,18,19,20)/b10-9+. The molecule has 5 heteroatoms. The van der Waals surface area contributed by atoms with Crippen LogP contribution in [0.2, 0.25) is 10.0 Å². The van der Waals surface area contributed by atoms with Crippen LogP contribution in [0.1, 0.15) is 32.6 Å². The van der Waals surface area contributed by atoms with Gasteiger partial charge < -0.3 is 10.6 Å². The smallest absolute Gasteiger partial charge is 0.314 e. The molecule has 108 valence electrons. The summed E-state index contributed by atoms with van der Waals surface area (Å²) >= 11 is 11.8. The minimum atomic E-state index is -0.299.